The number of anilines is 1. The standard InChI is InChI=1S/C20H23ClN2O4S/c1-15-9-10-16(12-19(15)21)23(28(25,26)18-7-3-2-4-8-18)14-20(24)22-13-17-6-5-11-27-17/h2-4,7-10,12,17H,5-6,11,13-14H2,1H3,(H,22,24). The number of nitrogens with zero attached hydrogens (tertiary/aromatic N) is 1. The predicted molar refractivity (Wildman–Crippen MR) is 109 cm³/mol. The third kappa shape index (κ3) is 4.84. The number of rotatable bonds is 7. The van der Waals surface area contributed by atoms with Crippen LogP contribution in [0.5, 0.6) is 0 Å². The third-order valence-corrected chi connectivity index (χ3v) is 6.81. The average molecular weight is 423 g/mol. The molecule has 8 heteroatoms. The Morgan fingerprint density at radius 2 is 2.00 bits per heavy atom. The Balaban J connectivity index is 1.85. The van der Waals surface area contributed by atoms with Gasteiger partial charge in [-0.3, -0.25) is 9.10 Å². The van der Waals surface area contributed by atoms with Crippen molar-refractivity contribution in [1.82, 2.24) is 5.32 Å². The van der Waals surface area contributed by atoms with E-state index in [2.05, 4.69) is 5.32 Å². The monoisotopic (exact) mass is 422 g/mol. The zero-order valence-electron chi connectivity index (χ0n) is 15.6. The van der Waals surface area contributed by atoms with Crippen molar-refractivity contribution in [3.63, 3.8) is 0 Å². The number of ether oxygens (including phenoxy) is 1. The molecule has 1 saturated heterocycles. The minimum Gasteiger partial charge on any atom is -0.376 e. The smallest absolute Gasteiger partial charge is 0.264 e. The van der Waals surface area contributed by atoms with Gasteiger partial charge in [0.1, 0.15) is 6.54 Å². The van der Waals surface area contributed by atoms with Gasteiger partial charge in [0.15, 0.2) is 0 Å². The van der Waals surface area contributed by atoms with E-state index in [4.69, 9.17) is 16.3 Å². The molecule has 1 aliphatic rings. The van der Waals surface area contributed by atoms with Crippen LogP contribution in [0.2, 0.25) is 5.02 Å². The molecule has 150 valence electrons. The maximum absolute atomic E-state index is 13.2. The summed E-state index contributed by atoms with van der Waals surface area (Å²) in [6.45, 7) is 2.55. The van der Waals surface area contributed by atoms with Crippen LogP contribution in [0.25, 0.3) is 0 Å². The van der Waals surface area contributed by atoms with Gasteiger partial charge in [-0.1, -0.05) is 35.9 Å². The fraction of sp³-hybridized carbons (Fsp3) is 0.350. The van der Waals surface area contributed by atoms with Crippen molar-refractivity contribution in [2.24, 2.45) is 0 Å². The van der Waals surface area contributed by atoms with Gasteiger partial charge in [0, 0.05) is 18.2 Å². The first-order chi connectivity index (χ1) is 13.4. The molecule has 0 aliphatic carbocycles. The number of hydrogen-bond acceptors (Lipinski definition) is 4. The number of benzene rings is 2. The molecule has 1 unspecified atom stereocenters. The molecule has 0 saturated carbocycles. The van der Waals surface area contributed by atoms with Crippen molar-refractivity contribution in [2.75, 3.05) is 24.0 Å². The molecule has 3 rings (SSSR count). The summed E-state index contributed by atoms with van der Waals surface area (Å²) in [4.78, 5) is 12.6. The van der Waals surface area contributed by atoms with Gasteiger partial charge in [-0.15, -0.1) is 0 Å². The van der Waals surface area contributed by atoms with Crippen molar-refractivity contribution in [3.8, 4) is 0 Å². The molecule has 2 aromatic carbocycles. The lowest BCUT2D eigenvalue weighted by Gasteiger charge is -2.25. The van der Waals surface area contributed by atoms with Crippen molar-refractivity contribution in [2.45, 2.75) is 30.8 Å². The minimum atomic E-state index is -3.93. The van der Waals surface area contributed by atoms with E-state index in [1.165, 1.54) is 12.1 Å². The number of carbonyl (C=O) groups is 1. The average Bonchev–Trinajstić information content (AvgIpc) is 3.21. The lowest BCUT2D eigenvalue weighted by molar-refractivity contribution is -0.120. The first-order valence-corrected chi connectivity index (χ1v) is 10.9. The number of hydrogen-bond donors (Lipinski definition) is 1. The highest BCUT2D eigenvalue weighted by atomic mass is 35.5. The second kappa shape index (κ2) is 8.94. The molecule has 0 aromatic heterocycles. The second-order valence-corrected chi connectivity index (χ2v) is 8.97. The number of halogens is 1. The van der Waals surface area contributed by atoms with Crippen LogP contribution in [0.4, 0.5) is 5.69 Å². The molecule has 1 fully saturated rings. The third-order valence-electron chi connectivity index (χ3n) is 4.61. The van der Waals surface area contributed by atoms with Gasteiger partial charge >= 0.3 is 0 Å². The number of aryl methyl sites for hydroxylation is 1. The van der Waals surface area contributed by atoms with Crippen LogP contribution < -0.4 is 9.62 Å². The van der Waals surface area contributed by atoms with E-state index in [-0.39, 0.29) is 17.5 Å². The Morgan fingerprint density at radius 1 is 1.25 bits per heavy atom. The van der Waals surface area contributed by atoms with Crippen LogP contribution in [-0.2, 0) is 19.6 Å². The summed E-state index contributed by atoms with van der Waals surface area (Å²) in [6, 6.07) is 13.0. The largest absolute Gasteiger partial charge is 0.376 e. The van der Waals surface area contributed by atoms with E-state index in [1.807, 2.05) is 6.92 Å². The fourth-order valence-electron chi connectivity index (χ4n) is 2.99. The van der Waals surface area contributed by atoms with E-state index in [9.17, 15) is 13.2 Å². The van der Waals surface area contributed by atoms with Gasteiger partial charge in [-0.05, 0) is 49.6 Å². The summed E-state index contributed by atoms with van der Waals surface area (Å²) >= 11 is 6.20. The Hall–Kier alpha value is -2.09. The van der Waals surface area contributed by atoms with Crippen molar-refractivity contribution < 1.29 is 17.9 Å². The number of sulfonamides is 1. The Morgan fingerprint density at radius 3 is 2.64 bits per heavy atom. The Kier molecular flexibility index (Phi) is 6.59. The van der Waals surface area contributed by atoms with E-state index in [1.54, 1.807) is 36.4 Å². The molecule has 1 amide bonds. The molecular formula is C20H23ClN2O4S. The quantitative estimate of drug-likeness (QED) is 0.743. The summed E-state index contributed by atoms with van der Waals surface area (Å²) < 4.78 is 33.0. The Bertz CT molecular complexity index is 928. The van der Waals surface area contributed by atoms with Crippen molar-refractivity contribution in [1.29, 1.82) is 0 Å². The molecule has 0 spiro atoms. The van der Waals surface area contributed by atoms with Crippen LogP contribution in [0, 0.1) is 6.92 Å². The van der Waals surface area contributed by atoms with Crippen LogP contribution >= 0.6 is 11.6 Å². The SMILES string of the molecule is Cc1ccc(N(CC(=O)NCC2CCCO2)S(=O)(=O)c2ccccc2)cc1Cl. The van der Waals surface area contributed by atoms with Crippen LogP contribution in [-0.4, -0.2) is 40.1 Å². The highest BCUT2D eigenvalue weighted by molar-refractivity contribution is 7.92. The number of amides is 1. The summed E-state index contributed by atoms with van der Waals surface area (Å²) in [6.07, 6.45) is 1.84. The zero-order chi connectivity index (χ0) is 20.1. The summed E-state index contributed by atoms with van der Waals surface area (Å²) in [5.41, 5.74) is 1.16. The van der Waals surface area contributed by atoms with Gasteiger partial charge in [0.05, 0.1) is 16.7 Å². The molecule has 28 heavy (non-hydrogen) atoms. The number of nitrogens with one attached hydrogen (secondary N) is 1. The van der Waals surface area contributed by atoms with E-state index >= 15 is 0 Å². The molecule has 1 N–H and O–H groups in total. The molecule has 2 aromatic rings. The summed E-state index contributed by atoms with van der Waals surface area (Å²) in [5.74, 6) is -0.397. The first kappa shape index (κ1) is 20.6. The number of carbonyl (C=O) groups excluding carboxylic acids is 1. The molecular weight excluding hydrogens is 400 g/mol. The molecule has 0 bridgehead atoms. The molecule has 1 heterocycles. The maximum Gasteiger partial charge on any atom is 0.264 e. The molecule has 0 radical (unpaired) electrons. The van der Waals surface area contributed by atoms with Gasteiger partial charge in [0.25, 0.3) is 10.0 Å². The lowest BCUT2D eigenvalue weighted by atomic mass is 10.2. The highest BCUT2D eigenvalue weighted by Crippen LogP contribution is 2.27. The highest BCUT2D eigenvalue weighted by Gasteiger charge is 2.28. The van der Waals surface area contributed by atoms with Gasteiger partial charge < -0.3 is 10.1 Å². The van der Waals surface area contributed by atoms with Crippen LogP contribution in [0.1, 0.15) is 18.4 Å². The molecule has 6 nitrogen and oxygen atoms in total. The van der Waals surface area contributed by atoms with E-state index in [0.717, 1.165) is 22.7 Å². The van der Waals surface area contributed by atoms with Crippen LogP contribution in [0.15, 0.2) is 53.4 Å². The maximum atomic E-state index is 13.2. The first-order valence-electron chi connectivity index (χ1n) is 9.10. The predicted octanol–water partition coefficient (Wildman–Crippen LogP) is 3.14. The minimum absolute atomic E-state index is 0.0167. The Labute approximate surface area is 170 Å². The van der Waals surface area contributed by atoms with Crippen LogP contribution in [0.3, 0.4) is 0 Å². The molecule has 1 aliphatic heterocycles. The van der Waals surface area contributed by atoms with E-state index < -0.39 is 15.9 Å². The van der Waals surface area contributed by atoms with Crippen molar-refractivity contribution in [3.05, 3.63) is 59.1 Å². The van der Waals surface area contributed by atoms with Crippen molar-refractivity contribution >= 4 is 33.2 Å². The normalized spacial score (nSPS) is 16.7. The summed E-state index contributed by atoms with van der Waals surface area (Å²) in [5, 5.41) is 3.21. The zero-order valence-corrected chi connectivity index (χ0v) is 17.2. The summed E-state index contributed by atoms with van der Waals surface area (Å²) in [7, 11) is -3.93. The second-order valence-electron chi connectivity index (χ2n) is 6.70. The lowest BCUT2D eigenvalue weighted by Crippen LogP contribution is -2.42. The van der Waals surface area contributed by atoms with Gasteiger partial charge in [-0.2, -0.15) is 0 Å². The van der Waals surface area contributed by atoms with Gasteiger partial charge in [-0.25, -0.2) is 8.42 Å². The molecule has 1 atom stereocenters. The van der Waals surface area contributed by atoms with Gasteiger partial charge in [0.2, 0.25) is 5.91 Å². The topological polar surface area (TPSA) is 75.7 Å². The van der Waals surface area contributed by atoms with E-state index in [0.29, 0.717) is 23.9 Å². The fourth-order valence-corrected chi connectivity index (χ4v) is 4.60.